The molecule has 4 atom stereocenters. The first-order valence-corrected chi connectivity index (χ1v) is 8.05. The Kier molecular flexibility index (Phi) is 9.87. The first kappa shape index (κ1) is 18.6. The second-order valence-corrected chi connectivity index (χ2v) is 5.56. The van der Waals surface area contributed by atoms with Crippen molar-refractivity contribution in [2.75, 3.05) is 19.8 Å². The zero-order chi connectivity index (χ0) is 15.5. The van der Waals surface area contributed by atoms with Crippen LogP contribution < -0.4 is 0 Å². The Morgan fingerprint density at radius 1 is 1.24 bits per heavy atom. The highest BCUT2D eigenvalue weighted by Gasteiger charge is 2.40. The van der Waals surface area contributed by atoms with Gasteiger partial charge in [-0.15, -0.1) is 0 Å². The van der Waals surface area contributed by atoms with Gasteiger partial charge in [-0.3, -0.25) is 0 Å². The van der Waals surface area contributed by atoms with E-state index in [1.54, 1.807) is 0 Å². The van der Waals surface area contributed by atoms with Crippen molar-refractivity contribution in [1.29, 1.82) is 0 Å². The van der Waals surface area contributed by atoms with E-state index in [-0.39, 0.29) is 6.61 Å². The van der Waals surface area contributed by atoms with Gasteiger partial charge in [0.2, 0.25) is 0 Å². The summed E-state index contributed by atoms with van der Waals surface area (Å²) in [6, 6.07) is 0. The number of allylic oxidation sites excluding steroid dienone is 1. The molecule has 1 aliphatic rings. The summed E-state index contributed by atoms with van der Waals surface area (Å²) in [5, 5.41) is 28.3. The summed E-state index contributed by atoms with van der Waals surface area (Å²) in [5.74, 6) is 0. The van der Waals surface area contributed by atoms with Gasteiger partial charge in [-0.25, -0.2) is 0 Å². The van der Waals surface area contributed by atoms with E-state index >= 15 is 0 Å². The van der Waals surface area contributed by atoms with E-state index in [0.717, 1.165) is 12.8 Å². The molecule has 3 N–H and O–H groups in total. The zero-order valence-corrected chi connectivity index (χ0v) is 13.0. The highest BCUT2D eigenvalue weighted by Crippen LogP contribution is 2.21. The zero-order valence-electron chi connectivity index (χ0n) is 13.0. The summed E-state index contributed by atoms with van der Waals surface area (Å²) < 4.78 is 10.9. The maximum atomic E-state index is 9.77. The molecule has 1 rings (SSSR count). The van der Waals surface area contributed by atoms with E-state index in [4.69, 9.17) is 14.6 Å². The van der Waals surface area contributed by atoms with Gasteiger partial charge in [-0.1, -0.05) is 38.3 Å². The first-order chi connectivity index (χ1) is 10.2. The molecule has 1 saturated heterocycles. The normalized spacial score (nSPS) is 27.5. The van der Waals surface area contributed by atoms with Crippen LogP contribution in [-0.4, -0.2) is 59.6 Å². The molecule has 5 heteroatoms. The largest absolute Gasteiger partial charge is 0.394 e. The lowest BCUT2D eigenvalue weighted by molar-refractivity contribution is -0.0924. The van der Waals surface area contributed by atoms with Gasteiger partial charge in [0.1, 0.15) is 24.4 Å². The molecule has 1 fully saturated rings. The average molecular weight is 302 g/mol. The van der Waals surface area contributed by atoms with Crippen molar-refractivity contribution in [3.63, 3.8) is 0 Å². The number of aliphatic hydroxyl groups excluding tert-OH is 3. The Labute approximate surface area is 127 Å². The van der Waals surface area contributed by atoms with Gasteiger partial charge in [-0.2, -0.15) is 0 Å². The number of rotatable bonds is 11. The summed E-state index contributed by atoms with van der Waals surface area (Å²) in [4.78, 5) is 0. The lowest BCUT2D eigenvalue weighted by Gasteiger charge is -2.23. The van der Waals surface area contributed by atoms with Crippen molar-refractivity contribution >= 4 is 0 Å². The first-order valence-electron chi connectivity index (χ1n) is 8.05. The van der Waals surface area contributed by atoms with Gasteiger partial charge in [0.05, 0.1) is 19.8 Å². The third kappa shape index (κ3) is 6.89. The van der Waals surface area contributed by atoms with E-state index in [1.807, 2.05) is 0 Å². The van der Waals surface area contributed by atoms with Crippen molar-refractivity contribution in [2.45, 2.75) is 69.9 Å². The van der Waals surface area contributed by atoms with E-state index in [9.17, 15) is 10.2 Å². The van der Waals surface area contributed by atoms with Crippen LogP contribution in [0.4, 0.5) is 0 Å². The molecule has 0 aromatic heterocycles. The molecule has 0 aliphatic carbocycles. The fourth-order valence-corrected chi connectivity index (χ4v) is 2.45. The third-order valence-corrected chi connectivity index (χ3v) is 3.71. The number of unbranched alkanes of at least 4 members (excludes halogenated alkanes) is 4. The number of hydrogen-bond donors (Lipinski definition) is 3. The van der Waals surface area contributed by atoms with Crippen LogP contribution in [0.15, 0.2) is 12.2 Å². The fourth-order valence-electron chi connectivity index (χ4n) is 2.45. The maximum Gasteiger partial charge on any atom is 0.114 e. The Morgan fingerprint density at radius 2 is 2.00 bits per heavy atom. The molecule has 0 aromatic carbocycles. The standard InChI is InChI=1S/C16H30O5/c1-2-3-4-5-6-7-8-9-10-20-16-14(19)12-21-15(16)13(18)11-17/h7-8,13-19H,2-6,9-12H2,1H3/b8-7+/t13-,14+,15+,16+/m0/s1. The molecule has 0 bridgehead atoms. The predicted octanol–water partition coefficient (Wildman–Crippen LogP) is 1.40. The van der Waals surface area contributed by atoms with Crippen molar-refractivity contribution in [2.24, 2.45) is 0 Å². The van der Waals surface area contributed by atoms with E-state index in [1.165, 1.54) is 25.7 Å². The molecular weight excluding hydrogens is 272 g/mol. The predicted molar refractivity (Wildman–Crippen MR) is 81.1 cm³/mol. The molecular formula is C16H30O5. The highest BCUT2D eigenvalue weighted by molar-refractivity contribution is 4.89. The van der Waals surface area contributed by atoms with Gasteiger partial charge >= 0.3 is 0 Å². The smallest absolute Gasteiger partial charge is 0.114 e. The molecule has 0 spiro atoms. The van der Waals surface area contributed by atoms with Crippen LogP contribution in [0.3, 0.4) is 0 Å². The van der Waals surface area contributed by atoms with Crippen LogP contribution >= 0.6 is 0 Å². The van der Waals surface area contributed by atoms with Crippen molar-refractivity contribution in [3.05, 3.63) is 12.2 Å². The van der Waals surface area contributed by atoms with E-state index in [2.05, 4.69) is 19.1 Å². The minimum absolute atomic E-state index is 0.139. The number of ether oxygens (including phenoxy) is 2. The summed E-state index contributed by atoms with van der Waals surface area (Å²) in [6.07, 6.45) is 8.22. The molecule has 0 aromatic rings. The van der Waals surface area contributed by atoms with Gasteiger partial charge in [-0.05, 0) is 19.3 Å². The number of hydrogen-bond acceptors (Lipinski definition) is 5. The SMILES string of the molecule is CCCCCC/C=C/CCO[C@H]1[C@@H]([C@@H](O)CO)OC[C@H]1O. The van der Waals surface area contributed by atoms with Crippen LogP contribution in [0.1, 0.15) is 45.4 Å². The lowest BCUT2D eigenvalue weighted by atomic mass is 10.1. The summed E-state index contributed by atoms with van der Waals surface area (Å²) in [5.41, 5.74) is 0. The molecule has 21 heavy (non-hydrogen) atoms. The monoisotopic (exact) mass is 302 g/mol. The second kappa shape index (κ2) is 11.2. The third-order valence-electron chi connectivity index (χ3n) is 3.71. The molecule has 0 radical (unpaired) electrons. The molecule has 1 aliphatic heterocycles. The van der Waals surface area contributed by atoms with Crippen LogP contribution in [0.2, 0.25) is 0 Å². The molecule has 5 nitrogen and oxygen atoms in total. The topological polar surface area (TPSA) is 79.2 Å². The van der Waals surface area contributed by atoms with E-state index < -0.39 is 31.0 Å². The highest BCUT2D eigenvalue weighted by atomic mass is 16.6. The molecule has 0 unspecified atom stereocenters. The number of aliphatic hydroxyl groups is 3. The summed E-state index contributed by atoms with van der Waals surface area (Å²) in [7, 11) is 0. The average Bonchev–Trinajstić information content (AvgIpc) is 2.86. The van der Waals surface area contributed by atoms with Crippen molar-refractivity contribution < 1.29 is 24.8 Å². The molecule has 1 heterocycles. The summed E-state index contributed by atoms with van der Waals surface area (Å²) >= 11 is 0. The summed E-state index contributed by atoms with van der Waals surface area (Å²) in [6.45, 7) is 2.43. The lowest BCUT2D eigenvalue weighted by Crippen LogP contribution is -2.42. The van der Waals surface area contributed by atoms with Crippen molar-refractivity contribution in [3.8, 4) is 0 Å². The van der Waals surface area contributed by atoms with Crippen LogP contribution in [-0.2, 0) is 9.47 Å². The minimum Gasteiger partial charge on any atom is -0.394 e. The van der Waals surface area contributed by atoms with Crippen molar-refractivity contribution in [1.82, 2.24) is 0 Å². The molecule has 0 saturated carbocycles. The van der Waals surface area contributed by atoms with Gasteiger partial charge in [0, 0.05) is 0 Å². The van der Waals surface area contributed by atoms with Crippen LogP contribution in [0.25, 0.3) is 0 Å². The minimum atomic E-state index is -1.01. The quantitative estimate of drug-likeness (QED) is 0.397. The maximum absolute atomic E-state index is 9.77. The Hall–Kier alpha value is -0.460. The van der Waals surface area contributed by atoms with E-state index in [0.29, 0.717) is 6.61 Å². The van der Waals surface area contributed by atoms with Gasteiger partial charge in [0.25, 0.3) is 0 Å². The Morgan fingerprint density at radius 3 is 2.71 bits per heavy atom. The Balaban J connectivity index is 2.14. The van der Waals surface area contributed by atoms with Crippen LogP contribution in [0.5, 0.6) is 0 Å². The second-order valence-electron chi connectivity index (χ2n) is 5.56. The van der Waals surface area contributed by atoms with Crippen LogP contribution in [0, 0.1) is 0 Å². The van der Waals surface area contributed by atoms with Gasteiger partial charge < -0.3 is 24.8 Å². The van der Waals surface area contributed by atoms with Gasteiger partial charge in [0.15, 0.2) is 0 Å². The molecule has 0 amide bonds. The Bertz CT molecular complexity index is 282. The molecule has 124 valence electrons. The fraction of sp³-hybridized carbons (Fsp3) is 0.875.